The summed E-state index contributed by atoms with van der Waals surface area (Å²) in [6, 6.07) is 26.2. The molecule has 3 aromatic rings. The molecule has 0 aliphatic heterocycles. The number of hydrogen-bond donors (Lipinski definition) is 1. The molecule has 0 spiro atoms. The van der Waals surface area contributed by atoms with E-state index in [0.717, 1.165) is 48.3 Å². The van der Waals surface area contributed by atoms with Crippen molar-refractivity contribution in [1.29, 1.82) is 5.26 Å². The van der Waals surface area contributed by atoms with Crippen LogP contribution in [-0.4, -0.2) is 24.3 Å². The number of ketones is 1. The Bertz CT molecular complexity index is 1290. The number of Topliss-reactive ketones (excluding diaryl/α,β-unsaturated/α-hetero) is 1. The fraction of sp³-hybridized carbons (Fsp3) is 0.417. The average molecular weight is 551 g/mol. The van der Waals surface area contributed by atoms with E-state index in [2.05, 4.69) is 18.3 Å². The van der Waals surface area contributed by atoms with Crippen molar-refractivity contribution in [2.24, 2.45) is 11.8 Å². The van der Waals surface area contributed by atoms with E-state index < -0.39 is 12.1 Å². The molecule has 5 nitrogen and oxygen atoms in total. The van der Waals surface area contributed by atoms with Gasteiger partial charge in [0.25, 0.3) is 0 Å². The molecule has 0 bridgehead atoms. The van der Waals surface area contributed by atoms with Crippen molar-refractivity contribution in [3.8, 4) is 17.2 Å². The van der Waals surface area contributed by atoms with Gasteiger partial charge in [-0.05, 0) is 79.5 Å². The third-order valence-corrected chi connectivity index (χ3v) is 8.40. The quantitative estimate of drug-likeness (QED) is 0.172. The Morgan fingerprint density at radius 1 is 0.902 bits per heavy atom. The number of nitrogens with one attached hydrogen (secondary N) is 1. The SMILES string of the molecule is CCCCC[C@H]1CC[C@H](C(=O)CN[C@H](C)[C@H](OC(=O)c2ccc(-c3ccc(C#N)cc3)cc2)c2ccccc2)CC1. The van der Waals surface area contributed by atoms with Gasteiger partial charge in [-0.15, -0.1) is 0 Å². The number of carbonyl (C=O) groups excluding carboxylic acids is 2. The Labute approximate surface area is 244 Å². The van der Waals surface area contributed by atoms with Crippen LogP contribution in [0.25, 0.3) is 11.1 Å². The van der Waals surface area contributed by atoms with Crippen molar-refractivity contribution in [3.63, 3.8) is 0 Å². The number of benzene rings is 3. The van der Waals surface area contributed by atoms with Gasteiger partial charge < -0.3 is 10.1 Å². The summed E-state index contributed by atoms with van der Waals surface area (Å²) in [6.07, 6.45) is 8.91. The molecule has 5 heteroatoms. The summed E-state index contributed by atoms with van der Waals surface area (Å²) < 4.78 is 6.05. The molecule has 1 fully saturated rings. The van der Waals surface area contributed by atoms with Gasteiger partial charge in [-0.1, -0.05) is 87.2 Å². The van der Waals surface area contributed by atoms with Crippen LogP contribution in [0.2, 0.25) is 0 Å². The first-order chi connectivity index (χ1) is 20.0. The second-order valence-electron chi connectivity index (χ2n) is 11.4. The zero-order valence-electron chi connectivity index (χ0n) is 24.4. The smallest absolute Gasteiger partial charge is 0.338 e. The van der Waals surface area contributed by atoms with Gasteiger partial charge in [-0.25, -0.2) is 4.79 Å². The molecule has 0 heterocycles. The molecule has 1 saturated carbocycles. The Kier molecular flexibility index (Phi) is 11.3. The highest BCUT2D eigenvalue weighted by molar-refractivity contribution is 5.90. The van der Waals surface area contributed by atoms with Crippen molar-refractivity contribution in [3.05, 3.63) is 95.6 Å². The summed E-state index contributed by atoms with van der Waals surface area (Å²) in [7, 11) is 0. The van der Waals surface area contributed by atoms with Gasteiger partial charge in [0.15, 0.2) is 0 Å². The van der Waals surface area contributed by atoms with Crippen LogP contribution in [-0.2, 0) is 9.53 Å². The Balaban J connectivity index is 1.35. The van der Waals surface area contributed by atoms with E-state index in [9.17, 15) is 9.59 Å². The molecule has 1 N–H and O–H groups in total. The highest BCUT2D eigenvalue weighted by Gasteiger charge is 2.28. The number of carbonyl (C=O) groups is 2. The molecule has 4 rings (SSSR count). The summed E-state index contributed by atoms with van der Waals surface area (Å²) in [6.45, 7) is 4.49. The van der Waals surface area contributed by atoms with Crippen molar-refractivity contribution < 1.29 is 14.3 Å². The number of esters is 1. The summed E-state index contributed by atoms with van der Waals surface area (Å²) in [5, 5.41) is 12.4. The lowest BCUT2D eigenvalue weighted by Gasteiger charge is -2.29. The third kappa shape index (κ3) is 8.62. The lowest BCUT2D eigenvalue weighted by molar-refractivity contribution is -0.123. The van der Waals surface area contributed by atoms with E-state index in [4.69, 9.17) is 10.00 Å². The zero-order chi connectivity index (χ0) is 29.0. The van der Waals surface area contributed by atoms with Gasteiger partial charge in [-0.2, -0.15) is 5.26 Å². The van der Waals surface area contributed by atoms with Gasteiger partial charge in [-0.3, -0.25) is 4.79 Å². The van der Waals surface area contributed by atoms with E-state index in [1.807, 2.05) is 61.5 Å². The van der Waals surface area contributed by atoms with Gasteiger partial charge >= 0.3 is 5.97 Å². The summed E-state index contributed by atoms with van der Waals surface area (Å²) in [5.41, 5.74) is 3.88. The van der Waals surface area contributed by atoms with Crippen LogP contribution in [0.5, 0.6) is 0 Å². The second kappa shape index (κ2) is 15.3. The van der Waals surface area contributed by atoms with Crippen LogP contribution in [0.15, 0.2) is 78.9 Å². The van der Waals surface area contributed by atoms with E-state index in [1.165, 1.54) is 25.7 Å². The van der Waals surface area contributed by atoms with Gasteiger partial charge in [0.2, 0.25) is 0 Å². The van der Waals surface area contributed by atoms with Gasteiger partial charge in [0, 0.05) is 12.0 Å². The van der Waals surface area contributed by atoms with E-state index in [0.29, 0.717) is 11.1 Å². The van der Waals surface area contributed by atoms with Crippen LogP contribution in [0.1, 0.15) is 92.8 Å². The summed E-state index contributed by atoms with van der Waals surface area (Å²) in [5.74, 6) is 0.758. The molecule has 2 atom stereocenters. The lowest BCUT2D eigenvalue weighted by Crippen LogP contribution is -2.40. The topological polar surface area (TPSA) is 79.2 Å². The molecule has 3 aromatic carbocycles. The van der Waals surface area contributed by atoms with Crippen LogP contribution in [0.3, 0.4) is 0 Å². The third-order valence-electron chi connectivity index (χ3n) is 8.40. The minimum atomic E-state index is -0.538. The monoisotopic (exact) mass is 550 g/mol. The molecule has 0 radical (unpaired) electrons. The Hall–Kier alpha value is -3.75. The molecular formula is C36H42N2O3. The zero-order valence-corrected chi connectivity index (χ0v) is 24.4. The van der Waals surface area contributed by atoms with Gasteiger partial charge in [0.05, 0.1) is 23.7 Å². The number of unbranched alkanes of at least 4 members (excludes halogenated alkanes) is 2. The van der Waals surface area contributed by atoms with Crippen LogP contribution < -0.4 is 5.32 Å². The lowest BCUT2D eigenvalue weighted by atomic mass is 9.78. The first-order valence-electron chi connectivity index (χ1n) is 15.1. The maximum absolute atomic E-state index is 13.2. The fourth-order valence-corrected chi connectivity index (χ4v) is 5.79. The molecule has 41 heavy (non-hydrogen) atoms. The summed E-state index contributed by atoms with van der Waals surface area (Å²) >= 11 is 0. The number of nitrogens with zero attached hydrogens (tertiary/aromatic N) is 1. The minimum absolute atomic E-state index is 0.129. The second-order valence-corrected chi connectivity index (χ2v) is 11.4. The standard InChI is InChI=1S/C36H42N2O3/c1-3-4-6-9-27-12-18-31(19-13-27)34(39)25-38-26(2)35(32-10-7-5-8-11-32)41-36(40)33-22-20-30(21-23-33)29-16-14-28(24-37)15-17-29/h5,7-8,10-11,14-17,20-23,26-27,31,35,38H,3-4,6,9,12-13,18-19,25H2,1-2H3/t26-,27-,31-,35+/m1/s1. The predicted molar refractivity (Wildman–Crippen MR) is 163 cm³/mol. The van der Waals surface area contributed by atoms with Crippen LogP contribution >= 0.6 is 0 Å². The van der Waals surface area contributed by atoms with Crippen molar-refractivity contribution in [1.82, 2.24) is 5.32 Å². The first-order valence-corrected chi connectivity index (χ1v) is 15.1. The Morgan fingerprint density at radius 2 is 1.54 bits per heavy atom. The highest BCUT2D eigenvalue weighted by Crippen LogP contribution is 2.32. The molecule has 214 valence electrons. The molecule has 1 aliphatic rings. The van der Waals surface area contributed by atoms with Crippen molar-refractivity contribution >= 4 is 11.8 Å². The van der Waals surface area contributed by atoms with E-state index in [-0.39, 0.29) is 24.3 Å². The van der Waals surface area contributed by atoms with E-state index in [1.54, 1.807) is 24.3 Å². The maximum Gasteiger partial charge on any atom is 0.338 e. The average Bonchev–Trinajstić information content (AvgIpc) is 3.03. The largest absolute Gasteiger partial charge is 0.452 e. The Morgan fingerprint density at radius 3 is 2.15 bits per heavy atom. The maximum atomic E-state index is 13.2. The summed E-state index contributed by atoms with van der Waals surface area (Å²) in [4.78, 5) is 26.3. The van der Waals surface area contributed by atoms with Crippen LogP contribution in [0.4, 0.5) is 0 Å². The van der Waals surface area contributed by atoms with Crippen molar-refractivity contribution in [2.45, 2.75) is 77.4 Å². The van der Waals surface area contributed by atoms with Crippen molar-refractivity contribution in [2.75, 3.05) is 6.54 Å². The predicted octanol–water partition coefficient (Wildman–Crippen LogP) is 8.06. The molecule has 0 saturated heterocycles. The number of hydrogen-bond acceptors (Lipinski definition) is 5. The fourth-order valence-electron chi connectivity index (χ4n) is 5.79. The molecule has 0 aromatic heterocycles. The molecule has 0 unspecified atom stereocenters. The molecule has 1 aliphatic carbocycles. The number of ether oxygens (including phenoxy) is 1. The van der Waals surface area contributed by atoms with Crippen LogP contribution in [0, 0.1) is 23.2 Å². The highest BCUT2D eigenvalue weighted by atomic mass is 16.5. The first kappa shape index (κ1) is 30.2. The van der Waals surface area contributed by atoms with Gasteiger partial charge in [0.1, 0.15) is 11.9 Å². The number of nitriles is 1. The normalized spacial score (nSPS) is 18.2. The van der Waals surface area contributed by atoms with E-state index >= 15 is 0 Å². The minimum Gasteiger partial charge on any atom is -0.452 e. The molecular weight excluding hydrogens is 508 g/mol. The molecule has 0 amide bonds. The number of rotatable bonds is 13.